The van der Waals surface area contributed by atoms with Gasteiger partial charge in [0, 0.05) is 0 Å². The summed E-state index contributed by atoms with van der Waals surface area (Å²) in [6.07, 6.45) is 4.29. The standard InChI is InChI=1S/C13H16O2/c1-10(2)3-4-11-5-6-12-13(9-11)15-8-7-14-12/h3-6,9-10H,7-8H2,1-2H3. The minimum absolute atomic E-state index is 0.568. The summed E-state index contributed by atoms with van der Waals surface area (Å²) in [7, 11) is 0. The Hall–Kier alpha value is -1.44. The predicted molar refractivity (Wildman–Crippen MR) is 61.3 cm³/mol. The molecule has 1 aromatic carbocycles. The highest BCUT2D eigenvalue weighted by Gasteiger charge is 2.10. The Morgan fingerprint density at radius 3 is 2.60 bits per heavy atom. The van der Waals surface area contributed by atoms with E-state index in [1.165, 1.54) is 0 Å². The summed E-state index contributed by atoms with van der Waals surface area (Å²) in [6, 6.07) is 6.04. The Morgan fingerprint density at radius 2 is 1.87 bits per heavy atom. The van der Waals surface area contributed by atoms with Gasteiger partial charge in [-0.25, -0.2) is 0 Å². The van der Waals surface area contributed by atoms with Gasteiger partial charge in [-0.05, 0) is 23.6 Å². The van der Waals surface area contributed by atoms with E-state index in [-0.39, 0.29) is 0 Å². The average molecular weight is 204 g/mol. The Labute approximate surface area is 90.5 Å². The summed E-state index contributed by atoms with van der Waals surface area (Å²) < 4.78 is 11.0. The first-order chi connectivity index (χ1) is 7.25. The normalized spacial score (nSPS) is 14.9. The van der Waals surface area contributed by atoms with E-state index >= 15 is 0 Å². The third-order valence-electron chi connectivity index (χ3n) is 2.24. The van der Waals surface area contributed by atoms with Crippen LogP contribution in [0.5, 0.6) is 11.5 Å². The molecular formula is C13H16O2. The van der Waals surface area contributed by atoms with E-state index in [1.54, 1.807) is 0 Å². The number of benzene rings is 1. The molecule has 1 aliphatic heterocycles. The second kappa shape index (κ2) is 4.39. The highest BCUT2D eigenvalue weighted by atomic mass is 16.6. The molecule has 0 aromatic heterocycles. The summed E-state index contributed by atoms with van der Waals surface area (Å²) >= 11 is 0. The average Bonchev–Trinajstić information content (AvgIpc) is 2.26. The molecule has 0 saturated heterocycles. The molecule has 0 atom stereocenters. The zero-order valence-electron chi connectivity index (χ0n) is 9.19. The molecule has 0 amide bonds. The van der Waals surface area contributed by atoms with Crippen LogP contribution in [0.15, 0.2) is 24.3 Å². The van der Waals surface area contributed by atoms with Crippen LogP contribution in [0.3, 0.4) is 0 Å². The fourth-order valence-electron chi connectivity index (χ4n) is 1.47. The van der Waals surface area contributed by atoms with E-state index in [0.29, 0.717) is 19.1 Å². The molecular weight excluding hydrogens is 188 g/mol. The van der Waals surface area contributed by atoms with Crippen LogP contribution in [0, 0.1) is 5.92 Å². The van der Waals surface area contributed by atoms with Gasteiger partial charge in [0.05, 0.1) is 0 Å². The SMILES string of the molecule is CC(C)C=Cc1ccc2c(c1)OCCO2. The molecule has 0 spiro atoms. The van der Waals surface area contributed by atoms with Crippen LogP contribution < -0.4 is 9.47 Å². The molecule has 0 radical (unpaired) electrons. The number of hydrogen-bond donors (Lipinski definition) is 0. The summed E-state index contributed by atoms with van der Waals surface area (Å²) in [5.74, 6) is 2.27. The molecule has 2 rings (SSSR count). The van der Waals surface area contributed by atoms with E-state index in [9.17, 15) is 0 Å². The van der Waals surface area contributed by atoms with Gasteiger partial charge in [-0.2, -0.15) is 0 Å². The van der Waals surface area contributed by atoms with Crippen LogP contribution in [0.2, 0.25) is 0 Å². The minimum atomic E-state index is 0.568. The first-order valence-electron chi connectivity index (χ1n) is 5.33. The Kier molecular flexibility index (Phi) is 2.95. The van der Waals surface area contributed by atoms with Gasteiger partial charge in [0.1, 0.15) is 13.2 Å². The molecule has 15 heavy (non-hydrogen) atoms. The number of fused-ring (bicyclic) bond motifs is 1. The summed E-state index contributed by atoms with van der Waals surface area (Å²) in [5.41, 5.74) is 1.16. The topological polar surface area (TPSA) is 18.5 Å². The maximum absolute atomic E-state index is 5.51. The largest absolute Gasteiger partial charge is 0.486 e. The Morgan fingerprint density at radius 1 is 1.13 bits per heavy atom. The van der Waals surface area contributed by atoms with Crippen molar-refractivity contribution >= 4 is 6.08 Å². The van der Waals surface area contributed by atoms with Gasteiger partial charge in [-0.3, -0.25) is 0 Å². The van der Waals surface area contributed by atoms with Crippen LogP contribution in [0.4, 0.5) is 0 Å². The monoisotopic (exact) mass is 204 g/mol. The maximum atomic E-state index is 5.51. The van der Waals surface area contributed by atoms with Crippen molar-refractivity contribution < 1.29 is 9.47 Å². The van der Waals surface area contributed by atoms with Gasteiger partial charge in [0.25, 0.3) is 0 Å². The van der Waals surface area contributed by atoms with E-state index in [1.807, 2.05) is 18.2 Å². The van der Waals surface area contributed by atoms with Crippen LogP contribution in [-0.4, -0.2) is 13.2 Å². The zero-order chi connectivity index (χ0) is 10.7. The van der Waals surface area contributed by atoms with Crippen molar-refractivity contribution in [3.63, 3.8) is 0 Å². The summed E-state index contributed by atoms with van der Waals surface area (Å²) in [5, 5.41) is 0. The van der Waals surface area contributed by atoms with Crippen LogP contribution in [0.25, 0.3) is 6.08 Å². The van der Waals surface area contributed by atoms with Crippen molar-refractivity contribution in [2.75, 3.05) is 13.2 Å². The second-order valence-electron chi connectivity index (χ2n) is 4.01. The van der Waals surface area contributed by atoms with Crippen LogP contribution >= 0.6 is 0 Å². The summed E-state index contributed by atoms with van der Waals surface area (Å²) in [6.45, 7) is 5.61. The van der Waals surface area contributed by atoms with E-state index in [0.717, 1.165) is 17.1 Å². The maximum Gasteiger partial charge on any atom is 0.161 e. The van der Waals surface area contributed by atoms with Crippen molar-refractivity contribution in [3.05, 3.63) is 29.8 Å². The highest BCUT2D eigenvalue weighted by Crippen LogP contribution is 2.31. The molecule has 1 heterocycles. The van der Waals surface area contributed by atoms with E-state index in [4.69, 9.17) is 9.47 Å². The van der Waals surface area contributed by atoms with Gasteiger partial charge in [-0.15, -0.1) is 0 Å². The molecule has 1 aromatic rings. The Balaban J connectivity index is 2.20. The fourth-order valence-corrected chi connectivity index (χ4v) is 1.47. The molecule has 0 saturated carbocycles. The molecule has 80 valence electrons. The molecule has 0 aliphatic carbocycles. The lowest BCUT2D eigenvalue weighted by molar-refractivity contribution is 0.171. The molecule has 1 aliphatic rings. The van der Waals surface area contributed by atoms with Crippen LogP contribution in [-0.2, 0) is 0 Å². The van der Waals surface area contributed by atoms with Crippen molar-refractivity contribution in [1.29, 1.82) is 0 Å². The van der Waals surface area contributed by atoms with Gasteiger partial charge < -0.3 is 9.47 Å². The van der Waals surface area contributed by atoms with Gasteiger partial charge in [-0.1, -0.05) is 32.1 Å². The number of hydrogen-bond acceptors (Lipinski definition) is 2. The lowest BCUT2D eigenvalue weighted by Gasteiger charge is -2.18. The number of allylic oxidation sites excluding steroid dienone is 1. The van der Waals surface area contributed by atoms with Crippen molar-refractivity contribution in [2.45, 2.75) is 13.8 Å². The molecule has 0 N–H and O–H groups in total. The molecule has 0 unspecified atom stereocenters. The predicted octanol–water partition coefficient (Wildman–Crippen LogP) is 3.13. The number of ether oxygens (including phenoxy) is 2. The first kappa shape index (κ1) is 10.1. The quantitative estimate of drug-likeness (QED) is 0.736. The molecule has 2 heteroatoms. The van der Waals surface area contributed by atoms with Crippen molar-refractivity contribution in [1.82, 2.24) is 0 Å². The van der Waals surface area contributed by atoms with E-state index in [2.05, 4.69) is 26.0 Å². The number of rotatable bonds is 2. The van der Waals surface area contributed by atoms with Crippen molar-refractivity contribution in [2.24, 2.45) is 5.92 Å². The van der Waals surface area contributed by atoms with Crippen molar-refractivity contribution in [3.8, 4) is 11.5 Å². The highest BCUT2D eigenvalue weighted by molar-refractivity contribution is 5.56. The Bertz CT molecular complexity index is 367. The second-order valence-corrected chi connectivity index (χ2v) is 4.01. The third kappa shape index (κ3) is 2.52. The fraction of sp³-hybridized carbons (Fsp3) is 0.385. The lowest BCUT2D eigenvalue weighted by atomic mass is 10.1. The molecule has 2 nitrogen and oxygen atoms in total. The minimum Gasteiger partial charge on any atom is -0.486 e. The van der Waals surface area contributed by atoms with Gasteiger partial charge in [0.2, 0.25) is 0 Å². The van der Waals surface area contributed by atoms with E-state index < -0.39 is 0 Å². The summed E-state index contributed by atoms with van der Waals surface area (Å²) in [4.78, 5) is 0. The zero-order valence-corrected chi connectivity index (χ0v) is 9.19. The molecule has 0 bridgehead atoms. The third-order valence-corrected chi connectivity index (χ3v) is 2.24. The lowest BCUT2D eigenvalue weighted by Crippen LogP contribution is -2.15. The van der Waals surface area contributed by atoms with Gasteiger partial charge in [0.15, 0.2) is 11.5 Å². The first-order valence-corrected chi connectivity index (χ1v) is 5.33. The van der Waals surface area contributed by atoms with Gasteiger partial charge >= 0.3 is 0 Å². The van der Waals surface area contributed by atoms with Crippen LogP contribution in [0.1, 0.15) is 19.4 Å². The smallest absolute Gasteiger partial charge is 0.161 e. The molecule has 0 fully saturated rings.